The Bertz CT molecular complexity index is 492. The fraction of sp³-hybridized carbons (Fsp3) is 0.647. The Balaban J connectivity index is 2.06. The summed E-state index contributed by atoms with van der Waals surface area (Å²) in [5.74, 6) is 0.529. The Morgan fingerprint density at radius 3 is 2.65 bits per heavy atom. The lowest BCUT2D eigenvalue weighted by atomic mass is 9.68. The molecular formula is C17H26N2O. The number of fused-ring (bicyclic) bond motifs is 1. The van der Waals surface area contributed by atoms with E-state index in [0.29, 0.717) is 12.3 Å². The number of phenolic OH excluding ortho intramolecular Hbond substituents is 1. The third kappa shape index (κ3) is 2.08. The van der Waals surface area contributed by atoms with Gasteiger partial charge in [0.25, 0.3) is 0 Å². The first-order valence-electron chi connectivity index (χ1n) is 7.94. The van der Waals surface area contributed by atoms with E-state index in [1.807, 2.05) is 0 Å². The number of phenols is 1. The molecular weight excluding hydrogens is 248 g/mol. The molecule has 1 saturated carbocycles. The lowest BCUT2D eigenvalue weighted by molar-refractivity contribution is 0.290. The van der Waals surface area contributed by atoms with E-state index in [-0.39, 0.29) is 5.41 Å². The molecule has 0 saturated heterocycles. The van der Waals surface area contributed by atoms with Crippen LogP contribution in [0.1, 0.15) is 49.7 Å². The minimum Gasteiger partial charge on any atom is -0.507 e. The highest BCUT2D eigenvalue weighted by molar-refractivity contribution is 5.64. The molecule has 20 heavy (non-hydrogen) atoms. The van der Waals surface area contributed by atoms with E-state index in [1.54, 1.807) is 0 Å². The molecule has 1 aromatic rings. The third-order valence-corrected chi connectivity index (χ3v) is 5.36. The zero-order valence-electron chi connectivity index (χ0n) is 12.5. The fourth-order valence-electron chi connectivity index (χ4n) is 4.08. The molecule has 3 rings (SSSR count). The molecule has 0 atom stereocenters. The highest BCUT2D eigenvalue weighted by Crippen LogP contribution is 2.46. The smallest absolute Gasteiger partial charge is 0.124 e. The predicted octanol–water partition coefficient (Wildman–Crippen LogP) is 2.94. The molecule has 3 nitrogen and oxygen atoms in total. The van der Waals surface area contributed by atoms with Crippen LogP contribution < -0.4 is 10.6 Å². The van der Waals surface area contributed by atoms with Gasteiger partial charge in [-0.15, -0.1) is 0 Å². The van der Waals surface area contributed by atoms with Crippen molar-refractivity contribution in [2.75, 3.05) is 25.0 Å². The third-order valence-electron chi connectivity index (χ3n) is 5.36. The molecule has 1 aliphatic carbocycles. The first-order valence-corrected chi connectivity index (χ1v) is 7.94. The van der Waals surface area contributed by atoms with Gasteiger partial charge in [0, 0.05) is 42.4 Å². The van der Waals surface area contributed by atoms with E-state index in [9.17, 15) is 5.11 Å². The first-order chi connectivity index (χ1) is 9.68. The largest absolute Gasteiger partial charge is 0.507 e. The summed E-state index contributed by atoms with van der Waals surface area (Å²) in [4.78, 5) is 2.25. The Morgan fingerprint density at radius 1 is 1.20 bits per heavy atom. The molecule has 0 aromatic heterocycles. The van der Waals surface area contributed by atoms with Gasteiger partial charge in [-0.3, -0.25) is 0 Å². The average molecular weight is 274 g/mol. The van der Waals surface area contributed by atoms with Gasteiger partial charge in [-0.1, -0.05) is 25.3 Å². The number of benzene rings is 1. The van der Waals surface area contributed by atoms with E-state index < -0.39 is 0 Å². The number of rotatable bonds is 2. The number of hydrogen-bond donors (Lipinski definition) is 2. The lowest BCUT2D eigenvalue weighted by Crippen LogP contribution is -2.37. The minimum absolute atomic E-state index is 0.00732. The molecule has 1 aliphatic heterocycles. The molecule has 3 heteroatoms. The van der Waals surface area contributed by atoms with Crippen LogP contribution in [0.15, 0.2) is 12.1 Å². The monoisotopic (exact) mass is 274 g/mol. The van der Waals surface area contributed by atoms with Gasteiger partial charge in [0.1, 0.15) is 5.75 Å². The van der Waals surface area contributed by atoms with Crippen molar-refractivity contribution in [2.45, 2.75) is 50.4 Å². The fourth-order valence-corrected chi connectivity index (χ4v) is 4.08. The van der Waals surface area contributed by atoms with E-state index in [0.717, 1.165) is 43.4 Å². The second-order valence-electron chi connectivity index (χ2n) is 6.53. The van der Waals surface area contributed by atoms with Gasteiger partial charge in [-0.2, -0.15) is 0 Å². The van der Waals surface area contributed by atoms with Crippen molar-refractivity contribution in [3.8, 4) is 5.75 Å². The quantitative estimate of drug-likeness (QED) is 0.872. The van der Waals surface area contributed by atoms with Crippen LogP contribution in [0.3, 0.4) is 0 Å². The predicted molar refractivity (Wildman–Crippen MR) is 83.5 cm³/mol. The van der Waals surface area contributed by atoms with Gasteiger partial charge in [0.05, 0.1) is 0 Å². The summed E-state index contributed by atoms with van der Waals surface area (Å²) in [5, 5.41) is 10.8. The molecule has 0 bridgehead atoms. The van der Waals surface area contributed by atoms with Crippen molar-refractivity contribution in [1.29, 1.82) is 0 Å². The van der Waals surface area contributed by atoms with Crippen molar-refractivity contribution in [3.05, 3.63) is 23.3 Å². The van der Waals surface area contributed by atoms with Crippen molar-refractivity contribution in [1.82, 2.24) is 0 Å². The SMILES string of the molecule is CN1CCCc2c1ccc(C1(CN)CCCCC1)c2O. The lowest BCUT2D eigenvalue weighted by Gasteiger charge is -2.39. The van der Waals surface area contributed by atoms with Gasteiger partial charge in [0.2, 0.25) is 0 Å². The molecule has 0 spiro atoms. The first kappa shape index (κ1) is 13.7. The van der Waals surface area contributed by atoms with Crippen LogP contribution in [-0.4, -0.2) is 25.2 Å². The molecule has 1 fully saturated rings. The zero-order valence-corrected chi connectivity index (χ0v) is 12.5. The summed E-state index contributed by atoms with van der Waals surface area (Å²) in [5.41, 5.74) is 9.56. The van der Waals surface area contributed by atoms with Gasteiger partial charge in [-0.05, 0) is 31.7 Å². The van der Waals surface area contributed by atoms with Crippen LogP contribution in [0, 0.1) is 0 Å². The maximum Gasteiger partial charge on any atom is 0.124 e. The maximum absolute atomic E-state index is 10.8. The van der Waals surface area contributed by atoms with Gasteiger partial charge in [-0.25, -0.2) is 0 Å². The average Bonchev–Trinajstić information content (AvgIpc) is 2.49. The summed E-state index contributed by atoms with van der Waals surface area (Å²) in [6, 6.07) is 4.32. The Labute approximate surface area is 121 Å². The van der Waals surface area contributed by atoms with Gasteiger partial charge < -0.3 is 15.7 Å². The summed E-state index contributed by atoms with van der Waals surface area (Å²) in [7, 11) is 2.11. The molecule has 1 aromatic carbocycles. The van der Waals surface area contributed by atoms with Crippen molar-refractivity contribution in [3.63, 3.8) is 0 Å². The number of nitrogens with zero attached hydrogens (tertiary/aromatic N) is 1. The molecule has 1 heterocycles. The second-order valence-corrected chi connectivity index (χ2v) is 6.53. The Morgan fingerprint density at radius 2 is 1.95 bits per heavy atom. The number of nitrogens with two attached hydrogens (primary N) is 1. The Kier molecular flexibility index (Phi) is 3.63. The molecule has 110 valence electrons. The topological polar surface area (TPSA) is 49.5 Å². The number of hydrogen-bond acceptors (Lipinski definition) is 3. The van der Waals surface area contributed by atoms with Crippen LogP contribution in [0.5, 0.6) is 5.75 Å². The van der Waals surface area contributed by atoms with E-state index >= 15 is 0 Å². The second kappa shape index (κ2) is 5.28. The summed E-state index contributed by atoms with van der Waals surface area (Å²) in [6.45, 7) is 1.73. The molecule has 0 unspecified atom stereocenters. The van der Waals surface area contributed by atoms with Crippen LogP contribution in [-0.2, 0) is 11.8 Å². The highest BCUT2D eigenvalue weighted by atomic mass is 16.3. The maximum atomic E-state index is 10.8. The van der Waals surface area contributed by atoms with Crippen molar-refractivity contribution >= 4 is 5.69 Å². The number of aromatic hydroxyl groups is 1. The van der Waals surface area contributed by atoms with Crippen molar-refractivity contribution < 1.29 is 5.11 Å². The summed E-state index contributed by atoms with van der Waals surface area (Å²) < 4.78 is 0. The molecule has 0 radical (unpaired) electrons. The van der Waals surface area contributed by atoms with Crippen LogP contribution >= 0.6 is 0 Å². The van der Waals surface area contributed by atoms with Gasteiger partial charge in [0.15, 0.2) is 0 Å². The Hall–Kier alpha value is -1.22. The van der Waals surface area contributed by atoms with Crippen LogP contribution in [0.2, 0.25) is 0 Å². The van der Waals surface area contributed by atoms with Gasteiger partial charge >= 0.3 is 0 Å². The summed E-state index contributed by atoms with van der Waals surface area (Å²) >= 11 is 0. The van der Waals surface area contributed by atoms with Crippen LogP contribution in [0.25, 0.3) is 0 Å². The van der Waals surface area contributed by atoms with E-state index in [2.05, 4.69) is 24.1 Å². The number of anilines is 1. The summed E-state index contributed by atoms with van der Waals surface area (Å²) in [6.07, 6.45) is 8.10. The molecule has 3 N–H and O–H groups in total. The minimum atomic E-state index is 0.00732. The molecule has 2 aliphatic rings. The van der Waals surface area contributed by atoms with E-state index in [4.69, 9.17) is 5.73 Å². The standard InChI is InChI=1S/C17H26N2O/c1-19-11-5-6-13-15(19)8-7-14(16(13)20)17(12-18)9-3-2-4-10-17/h7-8,20H,2-6,9-12,18H2,1H3. The van der Waals surface area contributed by atoms with E-state index in [1.165, 1.54) is 24.9 Å². The van der Waals surface area contributed by atoms with Crippen molar-refractivity contribution in [2.24, 2.45) is 5.73 Å². The normalized spacial score (nSPS) is 21.6. The molecule has 0 amide bonds. The highest BCUT2D eigenvalue weighted by Gasteiger charge is 2.36. The van der Waals surface area contributed by atoms with Crippen LogP contribution in [0.4, 0.5) is 5.69 Å². The zero-order chi connectivity index (χ0) is 14.2.